The summed E-state index contributed by atoms with van der Waals surface area (Å²) in [4.78, 5) is 0. The number of aromatic nitrogens is 1. The second kappa shape index (κ2) is 7.46. The van der Waals surface area contributed by atoms with Gasteiger partial charge in [0, 0.05) is 16.5 Å². The van der Waals surface area contributed by atoms with Crippen LogP contribution in [0.15, 0.2) is 109 Å². The van der Waals surface area contributed by atoms with Crippen LogP contribution in [-0.2, 0) is 12.8 Å². The molecule has 0 aliphatic heterocycles. The van der Waals surface area contributed by atoms with Crippen molar-refractivity contribution in [2.45, 2.75) is 19.8 Å². The zero-order valence-electron chi connectivity index (χ0n) is 19.3. The smallest absolute Gasteiger partial charge is 0.0541 e. The molecule has 0 saturated heterocycles. The van der Waals surface area contributed by atoms with E-state index in [0.717, 1.165) is 12.8 Å². The third kappa shape index (κ3) is 2.87. The molecule has 0 spiro atoms. The summed E-state index contributed by atoms with van der Waals surface area (Å²) in [6.07, 6.45) is 2.11. The van der Waals surface area contributed by atoms with Gasteiger partial charge >= 0.3 is 0 Å². The Balaban J connectivity index is 1.42. The molecular weight excluding hydrogens is 410 g/mol. The number of aryl methyl sites for hydroxylation is 1. The number of nitrogens with zero attached hydrogens (tertiary/aromatic N) is 1. The van der Waals surface area contributed by atoms with Gasteiger partial charge in [0.25, 0.3) is 0 Å². The standard InChI is InChI=1S/C33H25N/c1-2-22-12-13-25-19-26-15-14-23(20-30(26)29(25)18-22)24-16-17-33-31(21-24)28-10-6-7-11-32(28)34(33)27-8-4-3-5-9-27/h3-18,20-21H,2,19H2,1H3. The van der Waals surface area contributed by atoms with Crippen molar-refractivity contribution in [2.24, 2.45) is 0 Å². The fourth-order valence-electron chi connectivity index (χ4n) is 5.62. The van der Waals surface area contributed by atoms with Crippen LogP contribution >= 0.6 is 0 Å². The van der Waals surface area contributed by atoms with Crippen LogP contribution in [0, 0.1) is 0 Å². The number of hydrogen-bond donors (Lipinski definition) is 0. The first-order chi connectivity index (χ1) is 16.8. The zero-order valence-corrected chi connectivity index (χ0v) is 19.3. The molecule has 0 saturated carbocycles. The monoisotopic (exact) mass is 435 g/mol. The molecule has 1 heterocycles. The van der Waals surface area contributed by atoms with E-state index >= 15 is 0 Å². The van der Waals surface area contributed by atoms with E-state index in [0.29, 0.717) is 0 Å². The zero-order chi connectivity index (χ0) is 22.6. The van der Waals surface area contributed by atoms with Gasteiger partial charge in [0.15, 0.2) is 0 Å². The summed E-state index contributed by atoms with van der Waals surface area (Å²) in [6, 6.07) is 40.3. The lowest BCUT2D eigenvalue weighted by molar-refractivity contribution is 1.13. The number of hydrogen-bond acceptors (Lipinski definition) is 0. The summed E-state index contributed by atoms with van der Waals surface area (Å²) < 4.78 is 2.37. The van der Waals surface area contributed by atoms with Gasteiger partial charge in [0.2, 0.25) is 0 Å². The molecule has 0 unspecified atom stereocenters. The largest absolute Gasteiger partial charge is 0.309 e. The summed E-state index contributed by atoms with van der Waals surface area (Å²) in [6.45, 7) is 2.23. The minimum atomic E-state index is 1.04. The van der Waals surface area contributed by atoms with Gasteiger partial charge in [-0.15, -0.1) is 0 Å². The van der Waals surface area contributed by atoms with Crippen molar-refractivity contribution in [2.75, 3.05) is 0 Å². The summed E-state index contributed by atoms with van der Waals surface area (Å²) in [5.41, 5.74) is 13.4. The minimum Gasteiger partial charge on any atom is -0.309 e. The van der Waals surface area contributed by atoms with E-state index < -0.39 is 0 Å². The Morgan fingerprint density at radius 3 is 2.12 bits per heavy atom. The van der Waals surface area contributed by atoms with Crippen molar-refractivity contribution in [3.8, 4) is 27.9 Å². The molecule has 0 atom stereocenters. The molecule has 162 valence electrons. The van der Waals surface area contributed by atoms with Crippen molar-refractivity contribution < 1.29 is 0 Å². The average Bonchev–Trinajstić information content (AvgIpc) is 3.43. The maximum Gasteiger partial charge on any atom is 0.0541 e. The van der Waals surface area contributed by atoms with Gasteiger partial charge in [-0.3, -0.25) is 0 Å². The molecule has 5 aromatic carbocycles. The number of para-hydroxylation sites is 2. The highest BCUT2D eigenvalue weighted by atomic mass is 15.0. The Morgan fingerprint density at radius 1 is 0.588 bits per heavy atom. The van der Waals surface area contributed by atoms with Crippen molar-refractivity contribution in [1.29, 1.82) is 0 Å². The first-order valence-electron chi connectivity index (χ1n) is 12.1. The number of benzene rings is 5. The molecule has 1 nitrogen and oxygen atoms in total. The van der Waals surface area contributed by atoms with E-state index in [9.17, 15) is 0 Å². The predicted octanol–water partition coefficient (Wildman–Crippen LogP) is 8.58. The minimum absolute atomic E-state index is 1.04. The van der Waals surface area contributed by atoms with Gasteiger partial charge in [-0.2, -0.15) is 0 Å². The van der Waals surface area contributed by atoms with Gasteiger partial charge < -0.3 is 4.57 Å². The molecular formula is C33H25N. The van der Waals surface area contributed by atoms with Gasteiger partial charge in [-0.1, -0.05) is 79.7 Å². The summed E-state index contributed by atoms with van der Waals surface area (Å²) in [5.74, 6) is 0. The van der Waals surface area contributed by atoms with Crippen LogP contribution in [0.5, 0.6) is 0 Å². The maximum absolute atomic E-state index is 2.40. The van der Waals surface area contributed by atoms with Gasteiger partial charge in [0.1, 0.15) is 0 Å². The summed E-state index contributed by atoms with van der Waals surface area (Å²) >= 11 is 0. The second-order valence-electron chi connectivity index (χ2n) is 9.31. The average molecular weight is 436 g/mol. The molecule has 0 N–H and O–H groups in total. The van der Waals surface area contributed by atoms with Crippen LogP contribution in [0.2, 0.25) is 0 Å². The van der Waals surface area contributed by atoms with E-state index in [1.54, 1.807) is 0 Å². The van der Waals surface area contributed by atoms with Gasteiger partial charge in [-0.05, 0) is 88.2 Å². The lowest BCUT2D eigenvalue weighted by Gasteiger charge is -2.09. The number of fused-ring (bicyclic) bond motifs is 6. The molecule has 0 bridgehead atoms. The van der Waals surface area contributed by atoms with E-state index in [1.807, 2.05) is 0 Å². The fraction of sp³-hybridized carbons (Fsp3) is 0.0909. The van der Waals surface area contributed by atoms with Crippen molar-refractivity contribution in [1.82, 2.24) is 4.57 Å². The molecule has 6 aromatic rings. The first-order valence-corrected chi connectivity index (χ1v) is 12.1. The Bertz CT molecular complexity index is 1700. The molecule has 1 aliphatic rings. The van der Waals surface area contributed by atoms with E-state index in [-0.39, 0.29) is 0 Å². The maximum atomic E-state index is 2.40. The summed E-state index contributed by atoms with van der Waals surface area (Å²) in [5, 5.41) is 2.59. The highest BCUT2D eigenvalue weighted by molar-refractivity contribution is 6.10. The van der Waals surface area contributed by atoms with E-state index in [2.05, 4.69) is 121 Å². The SMILES string of the molecule is CCc1ccc2c(c1)-c1cc(-c3ccc4c(c3)c3ccccc3n4-c3ccccc3)ccc1C2. The lowest BCUT2D eigenvalue weighted by atomic mass is 9.96. The molecule has 0 amide bonds. The van der Waals surface area contributed by atoms with Crippen LogP contribution in [0.3, 0.4) is 0 Å². The Hall–Kier alpha value is -4.10. The Kier molecular flexibility index (Phi) is 4.25. The molecule has 1 heteroatoms. The molecule has 1 aliphatic carbocycles. The van der Waals surface area contributed by atoms with Crippen molar-refractivity contribution in [3.63, 3.8) is 0 Å². The van der Waals surface area contributed by atoms with Crippen LogP contribution in [0.4, 0.5) is 0 Å². The van der Waals surface area contributed by atoms with Crippen LogP contribution in [0.1, 0.15) is 23.6 Å². The van der Waals surface area contributed by atoms with E-state index in [1.165, 1.54) is 66.4 Å². The number of rotatable bonds is 3. The topological polar surface area (TPSA) is 4.93 Å². The first kappa shape index (κ1) is 19.4. The highest BCUT2D eigenvalue weighted by Gasteiger charge is 2.20. The normalized spacial score (nSPS) is 12.3. The second-order valence-corrected chi connectivity index (χ2v) is 9.31. The highest BCUT2D eigenvalue weighted by Crippen LogP contribution is 2.41. The molecule has 34 heavy (non-hydrogen) atoms. The van der Waals surface area contributed by atoms with E-state index in [4.69, 9.17) is 0 Å². The van der Waals surface area contributed by atoms with Crippen molar-refractivity contribution >= 4 is 21.8 Å². The third-order valence-electron chi connectivity index (χ3n) is 7.38. The molecule has 0 radical (unpaired) electrons. The molecule has 1 aromatic heterocycles. The van der Waals surface area contributed by atoms with Gasteiger partial charge in [0.05, 0.1) is 11.0 Å². The van der Waals surface area contributed by atoms with Crippen LogP contribution in [0.25, 0.3) is 49.7 Å². The van der Waals surface area contributed by atoms with Gasteiger partial charge in [-0.25, -0.2) is 0 Å². The lowest BCUT2D eigenvalue weighted by Crippen LogP contribution is -1.92. The van der Waals surface area contributed by atoms with Crippen molar-refractivity contribution in [3.05, 3.63) is 126 Å². The van der Waals surface area contributed by atoms with Crippen LogP contribution in [-0.4, -0.2) is 4.57 Å². The predicted molar refractivity (Wildman–Crippen MR) is 144 cm³/mol. The molecule has 0 fully saturated rings. The third-order valence-corrected chi connectivity index (χ3v) is 7.38. The fourth-order valence-corrected chi connectivity index (χ4v) is 5.62. The summed E-state index contributed by atoms with van der Waals surface area (Å²) in [7, 11) is 0. The van der Waals surface area contributed by atoms with Crippen LogP contribution < -0.4 is 0 Å². The quantitative estimate of drug-likeness (QED) is 0.262. The Labute approximate surface area is 199 Å². The molecule has 7 rings (SSSR count). The Morgan fingerprint density at radius 2 is 1.26 bits per heavy atom.